The standard InChI is InChI=1S/C21H27NO5S/c1-6-14-11-21(8-9-22(14)19(24)27-20(2,3)4)18-15(7-10-26-21)16(13-25-5)17(12-23)28-18/h1,12,14H,7-11,13H2,2-5H3/t14-,21+/m0/s1. The molecule has 0 radical (unpaired) electrons. The Morgan fingerprint density at radius 3 is 2.86 bits per heavy atom. The molecule has 1 fully saturated rings. The molecule has 2 aliphatic heterocycles. The fourth-order valence-corrected chi connectivity index (χ4v) is 5.32. The summed E-state index contributed by atoms with van der Waals surface area (Å²) in [5.41, 5.74) is 0.938. The largest absolute Gasteiger partial charge is 0.444 e. The lowest BCUT2D eigenvalue weighted by Gasteiger charge is -2.46. The van der Waals surface area contributed by atoms with E-state index in [2.05, 4.69) is 5.92 Å². The van der Waals surface area contributed by atoms with Crippen LogP contribution in [0, 0.1) is 12.3 Å². The number of carbonyl (C=O) groups excluding carboxylic acids is 2. The third-order valence-electron chi connectivity index (χ3n) is 5.16. The van der Waals surface area contributed by atoms with Crippen molar-refractivity contribution in [1.82, 2.24) is 4.90 Å². The number of hydrogen-bond acceptors (Lipinski definition) is 6. The van der Waals surface area contributed by atoms with Gasteiger partial charge in [-0.3, -0.25) is 9.69 Å². The molecule has 0 unspecified atom stereocenters. The van der Waals surface area contributed by atoms with Crippen molar-refractivity contribution < 1.29 is 23.8 Å². The molecule has 0 saturated carbocycles. The van der Waals surface area contributed by atoms with E-state index in [-0.39, 0.29) is 0 Å². The van der Waals surface area contributed by atoms with Gasteiger partial charge in [0.05, 0.1) is 24.1 Å². The molecule has 28 heavy (non-hydrogen) atoms. The van der Waals surface area contributed by atoms with Crippen LogP contribution in [0.25, 0.3) is 0 Å². The van der Waals surface area contributed by atoms with Crippen LogP contribution in [0.3, 0.4) is 0 Å². The van der Waals surface area contributed by atoms with Crippen LogP contribution in [0.1, 0.15) is 59.3 Å². The normalized spacial score (nSPS) is 24.5. The molecular weight excluding hydrogens is 378 g/mol. The van der Waals surface area contributed by atoms with Gasteiger partial charge in [-0.2, -0.15) is 0 Å². The van der Waals surface area contributed by atoms with Crippen molar-refractivity contribution in [3.05, 3.63) is 20.9 Å². The van der Waals surface area contributed by atoms with Crippen molar-refractivity contribution in [2.75, 3.05) is 20.3 Å². The van der Waals surface area contributed by atoms with Gasteiger partial charge in [-0.1, -0.05) is 5.92 Å². The monoisotopic (exact) mass is 405 g/mol. The highest BCUT2D eigenvalue weighted by atomic mass is 32.1. The molecule has 1 aromatic heterocycles. The molecule has 1 aromatic rings. The number of ether oxygens (including phenoxy) is 3. The molecule has 1 saturated heterocycles. The van der Waals surface area contributed by atoms with E-state index in [4.69, 9.17) is 20.6 Å². The summed E-state index contributed by atoms with van der Waals surface area (Å²) in [4.78, 5) is 27.5. The van der Waals surface area contributed by atoms with E-state index in [1.165, 1.54) is 11.3 Å². The Labute approximate surface area is 170 Å². The Balaban J connectivity index is 1.91. The quantitative estimate of drug-likeness (QED) is 0.569. The highest BCUT2D eigenvalue weighted by Gasteiger charge is 2.48. The Hall–Kier alpha value is -1.88. The first-order valence-electron chi connectivity index (χ1n) is 9.43. The van der Waals surface area contributed by atoms with E-state index >= 15 is 0 Å². The number of rotatable bonds is 3. The van der Waals surface area contributed by atoms with E-state index < -0.39 is 23.3 Å². The minimum atomic E-state index is -0.582. The summed E-state index contributed by atoms with van der Waals surface area (Å²) in [5, 5.41) is 0. The minimum Gasteiger partial charge on any atom is -0.444 e. The van der Waals surface area contributed by atoms with Crippen LogP contribution in [0.2, 0.25) is 0 Å². The molecular formula is C21H27NO5S. The van der Waals surface area contributed by atoms with Gasteiger partial charge in [-0.05, 0) is 39.2 Å². The molecule has 0 aromatic carbocycles. The van der Waals surface area contributed by atoms with E-state index in [1.807, 2.05) is 20.8 Å². The number of piperidine rings is 1. The van der Waals surface area contributed by atoms with Gasteiger partial charge >= 0.3 is 6.09 Å². The van der Waals surface area contributed by atoms with Crippen LogP contribution >= 0.6 is 11.3 Å². The molecule has 7 heteroatoms. The average molecular weight is 406 g/mol. The summed E-state index contributed by atoms with van der Waals surface area (Å²) in [6, 6.07) is -0.429. The van der Waals surface area contributed by atoms with Gasteiger partial charge in [0.2, 0.25) is 0 Å². The summed E-state index contributed by atoms with van der Waals surface area (Å²) in [5.74, 6) is 2.74. The van der Waals surface area contributed by atoms with Crippen LogP contribution in [-0.4, -0.2) is 49.2 Å². The smallest absolute Gasteiger partial charge is 0.411 e. The van der Waals surface area contributed by atoms with Gasteiger partial charge in [-0.25, -0.2) is 4.79 Å². The second-order valence-corrected chi connectivity index (χ2v) is 9.26. The maximum Gasteiger partial charge on any atom is 0.411 e. The van der Waals surface area contributed by atoms with Crippen molar-refractivity contribution in [3.8, 4) is 12.3 Å². The molecule has 3 heterocycles. The number of terminal acetylenes is 1. The van der Waals surface area contributed by atoms with E-state index in [9.17, 15) is 9.59 Å². The number of fused-ring (bicyclic) bond motifs is 2. The maximum absolute atomic E-state index is 12.6. The number of thiophene rings is 1. The number of hydrogen-bond donors (Lipinski definition) is 0. The van der Waals surface area contributed by atoms with E-state index in [1.54, 1.807) is 12.0 Å². The van der Waals surface area contributed by atoms with E-state index in [0.29, 0.717) is 37.5 Å². The lowest BCUT2D eigenvalue weighted by molar-refractivity contribution is -0.103. The first kappa shape index (κ1) is 20.8. The summed E-state index contributed by atoms with van der Waals surface area (Å²) in [6.07, 6.45) is 8.12. The lowest BCUT2D eigenvalue weighted by atomic mass is 9.81. The van der Waals surface area contributed by atoms with E-state index in [0.717, 1.165) is 28.7 Å². The second-order valence-electron chi connectivity index (χ2n) is 8.21. The van der Waals surface area contributed by atoms with Crippen LogP contribution < -0.4 is 0 Å². The first-order chi connectivity index (χ1) is 13.2. The van der Waals surface area contributed by atoms with Crippen LogP contribution in [0.15, 0.2) is 0 Å². The third kappa shape index (κ3) is 3.82. The molecule has 3 rings (SSSR count). The second kappa shape index (κ2) is 7.86. The van der Waals surface area contributed by atoms with Crippen molar-refractivity contribution >= 4 is 23.7 Å². The van der Waals surface area contributed by atoms with Crippen molar-refractivity contribution in [2.45, 2.75) is 63.9 Å². The zero-order valence-electron chi connectivity index (χ0n) is 16.9. The Morgan fingerprint density at radius 2 is 2.25 bits per heavy atom. The molecule has 0 aliphatic carbocycles. The van der Waals surface area contributed by atoms with Crippen LogP contribution in [0.5, 0.6) is 0 Å². The van der Waals surface area contributed by atoms with Gasteiger partial charge in [0.15, 0.2) is 6.29 Å². The van der Waals surface area contributed by atoms with Gasteiger partial charge in [-0.15, -0.1) is 17.8 Å². The molecule has 0 bridgehead atoms. The van der Waals surface area contributed by atoms with Gasteiger partial charge < -0.3 is 14.2 Å². The SMILES string of the molecule is C#C[C@H]1C[C@@]2(CCN1C(=O)OC(C)(C)C)OCCc1c2sc(C=O)c1COC. The number of carbonyl (C=O) groups is 2. The number of methoxy groups -OCH3 is 1. The van der Waals surface area contributed by atoms with Crippen molar-refractivity contribution in [1.29, 1.82) is 0 Å². The summed E-state index contributed by atoms with van der Waals surface area (Å²) >= 11 is 1.46. The fourth-order valence-electron chi connectivity index (χ4n) is 3.97. The first-order valence-corrected chi connectivity index (χ1v) is 10.2. The minimum absolute atomic E-state index is 0.401. The van der Waals surface area contributed by atoms with Crippen molar-refractivity contribution in [3.63, 3.8) is 0 Å². The molecule has 1 amide bonds. The summed E-state index contributed by atoms with van der Waals surface area (Å²) in [6.45, 7) is 6.91. The topological polar surface area (TPSA) is 65.1 Å². The molecule has 6 nitrogen and oxygen atoms in total. The highest BCUT2D eigenvalue weighted by Crippen LogP contribution is 2.48. The number of amides is 1. The predicted molar refractivity (Wildman–Crippen MR) is 107 cm³/mol. The van der Waals surface area contributed by atoms with Crippen LogP contribution in [0.4, 0.5) is 4.79 Å². The van der Waals surface area contributed by atoms with Gasteiger partial charge in [0, 0.05) is 30.5 Å². The number of aldehydes is 1. The third-order valence-corrected chi connectivity index (χ3v) is 6.55. The Morgan fingerprint density at radius 1 is 1.50 bits per heavy atom. The lowest BCUT2D eigenvalue weighted by Crippen LogP contribution is -2.53. The van der Waals surface area contributed by atoms with Gasteiger partial charge in [0.1, 0.15) is 11.2 Å². The molecule has 0 N–H and O–H groups in total. The summed E-state index contributed by atoms with van der Waals surface area (Å²) < 4.78 is 17.1. The Bertz CT molecular complexity index is 803. The zero-order valence-corrected chi connectivity index (χ0v) is 17.7. The predicted octanol–water partition coefficient (Wildman–Crippen LogP) is 3.51. The summed E-state index contributed by atoms with van der Waals surface area (Å²) in [7, 11) is 1.63. The molecule has 2 aliphatic rings. The fraction of sp³-hybridized carbons (Fsp3) is 0.619. The molecule has 1 spiro atoms. The van der Waals surface area contributed by atoms with Crippen molar-refractivity contribution in [2.24, 2.45) is 0 Å². The highest BCUT2D eigenvalue weighted by molar-refractivity contribution is 7.14. The Kier molecular flexibility index (Phi) is 5.85. The zero-order chi connectivity index (χ0) is 20.5. The number of likely N-dealkylation sites (tertiary alicyclic amines) is 1. The van der Waals surface area contributed by atoms with Gasteiger partial charge in [0.25, 0.3) is 0 Å². The number of nitrogens with zero attached hydrogens (tertiary/aromatic N) is 1. The van der Waals surface area contributed by atoms with Crippen LogP contribution in [-0.2, 0) is 32.8 Å². The molecule has 2 atom stereocenters. The average Bonchev–Trinajstić information content (AvgIpc) is 3.00. The maximum atomic E-state index is 12.6. The molecule has 152 valence electrons.